The van der Waals surface area contributed by atoms with Crippen molar-refractivity contribution in [1.82, 2.24) is 4.98 Å². The summed E-state index contributed by atoms with van der Waals surface area (Å²) in [5.74, 6) is 1.42. The van der Waals surface area contributed by atoms with Gasteiger partial charge in [0.2, 0.25) is 0 Å². The zero-order valence-corrected chi connectivity index (χ0v) is 14.2. The van der Waals surface area contributed by atoms with Gasteiger partial charge in [-0.1, -0.05) is 18.2 Å². The van der Waals surface area contributed by atoms with Crippen LogP contribution in [0.2, 0.25) is 0 Å². The average Bonchev–Trinajstić information content (AvgIpc) is 2.68. The van der Waals surface area contributed by atoms with Gasteiger partial charge in [0.1, 0.15) is 11.5 Å². The Balaban J connectivity index is 1.70. The highest BCUT2D eigenvalue weighted by Gasteiger charge is 2.17. The topological polar surface area (TPSA) is 45.7 Å². The molecule has 3 rings (SSSR count). The van der Waals surface area contributed by atoms with Crippen molar-refractivity contribution in [3.63, 3.8) is 0 Å². The zero-order valence-electron chi connectivity index (χ0n) is 14.2. The molecule has 0 aliphatic carbocycles. The van der Waals surface area contributed by atoms with E-state index in [1.165, 1.54) is 0 Å². The molecule has 0 N–H and O–H groups in total. The molecule has 0 unspecified atom stereocenters. The Morgan fingerprint density at radius 1 is 0.760 bits per heavy atom. The summed E-state index contributed by atoms with van der Waals surface area (Å²) in [5.41, 5.74) is 1.63. The van der Waals surface area contributed by atoms with Gasteiger partial charge in [-0.25, -0.2) is 4.79 Å². The summed E-state index contributed by atoms with van der Waals surface area (Å²) in [6.07, 6.45) is 3.35. The van der Waals surface area contributed by atoms with E-state index >= 15 is 0 Å². The number of carbonyl (C=O) groups is 1. The number of amides is 2. The van der Waals surface area contributed by atoms with Gasteiger partial charge >= 0.3 is 6.03 Å². The quantitative estimate of drug-likeness (QED) is 0.703. The molecule has 2 amide bonds. The van der Waals surface area contributed by atoms with Crippen LogP contribution >= 0.6 is 0 Å². The summed E-state index contributed by atoms with van der Waals surface area (Å²) < 4.78 is 5.74. The van der Waals surface area contributed by atoms with Crippen LogP contribution in [0.5, 0.6) is 11.5 Å². The number of hydrogen-bond acceptors (Lipinski definition) is 3. The van der Waals surface area contributed by atoms with Crippen LogP contribution < -0.4 is 14.5 Å². The summed E-state index contributed by atoms with van der Waals surface area (Å²) in [7, 11) is 3.51. The fourth-order valence-corrected chi connectivity index (χ4v) is 2.38. The number of ether oxygens (including phenoxy) is 1. The standard InChI is InChI=1S/C20H19N3O2/c1-22(16-6-4-3-5-7-16)20(24)23(2)17-8-10-18(11-9-17)25-19-12-14-21-15-13-19/h3-15H,1-2H3. The molecule has 0 fully saturated rings. The van der Waals surface area contributed by atoms with Gasteiger partial charge < -0.3 is 4.74 Å². The molecule has 0 bridgehead atoms. The van der Waals surface area contributed by atoms with E-state index in [0.29, 0.717) is 5.75 Å². The van der Waals surface area contributed by atoms with Crippen LogP contribution in [0.1, 0.15) is 0 Å². The number of anilines is 2. The number of carbonyl (C=O) groups excluding carboxylic acids is 1. The first-order chi connectivity index (χ1) is 12.1. The molecule has 1 aromatic heterocycles. The Labute approximate surface area is 147 Å². The third-order valence-electron chi connectivity index (χ3n) is 3.83. The lowest BCUT2D eigenvalue weighted by atomic mass is 10.2. The second-order valence-corrected chi connectivity index (χ2v) is 5.52. The van der Waals surface area contributed by atoms with Crippen molar-refractivity contribution >= 4 is 17.4 Å². The highest BCUT2D eigenvalue weighted by Crippen LogP contribution is 2.24. The van der Waals surface area contributed by atoms with Crippen LogP contribution in [-0.2, 0) is 0 Å². The third-order valence-corrected chi connectivity index (χ3v) is 3.83. The first kappa shape index (κ1) is 16.5. The molecule has 5 heteroatoms. The van der Waals surface area contributed by atoms with Gasteiger partial charge in [0.15, 0.2) is 0 Å². The second kappa shape index (κ2) is 7.49. The highest BCUT2D eigenvalue weighted by molar-refractivity contribution is 6.02. The van der Waals surface area contributed by atoms with Crippen LogP contribution in [0.3, 0.4) is 0 Å². The van der Waals surface area contributed by atoms with E-state index < -0.39 is 0 Å². The van der Waals surface area contributed by atoms with Crippen molar-refractivity contribution in [2.45, 2.75) is 0 Å². The highest BCUT2D eigenvalue weighted by atomic mass is 16.5. The number of pyridine rings is 1. The van der Waals surface area contributed by atoms with E-state index in [4.69, 9.17) is 4.74 Å². The number of hydrogen-bond donors (Lipinski definition) is 0. The monoisotopic (exact) mass is 333 g/mol. The van der Waals surface area contributed by atoms with E-state index in [2.05, 4.69) is 4.98 Å². The first-order valence-electron chi connectivity index (χ1n) is 7.89. The number of urea groups is 1. The third kappa shape index (κ3) is 3.95. The Bertz CT molecular complexity index is 821. The normalized spacial score (nSPS) is 10.2. The molecule has 25 heavy (non-hydrogen) atoms. The van der Waals surface area contributed by atoms with Gasteiger partial charge in [-0.15, -0.1) is 0 Å². The Morgan fingerprint density at radius 2 is 1.28 bits per heavy atom. The SMILES string of the molecule is CN(C(=O)N(C)c1ccc(Oc2ccncc2)cc1)c1ccccc1. The fourth-order valence-electron chi connectivity index (χ4n) is 2.38. The minimum atomic E-state index is -0.117. The van der Waals surface area contributed by atoms with E-state index in [0.717, 1.165) is 17.1 Å². The molecular formula is C20H19N3O2. The fraction of sp³-hybridized carbons (Fsp3) is 0.100. The van der Waals surface area contributed by atoms with Crippen LogP contribution in [0.4, 0.5) is 16.2 Å². The maximum Gasteiger partial charge on any atom is 0.328 e. The molecule has 0 saturated carbocycles. The molecule has 0 aliphatic rings. The summed E-state index contributed by atoms with van der Waals surface area (Å²) in [6, 6.07) is 20.4. The van der Waals surface area contributed by atoms with E-state index in [1.54, 1.807) is 48.4 Å². The average molecular weight is 333 g/mol. The van der Waals surface area contributed by atoms with Crippen molar-refractivity contribution in [2.24, 2.45) is 0 Å². The van der Waals surface area contributed by atoms with Crippen LogP contribution in [0.15, 0.2) is 79.1 Å². The van der Waals surface area contributed by atoms with Gasteiger partial charge in [0.25, 0.3) is 0 Å². The molecular weight excluding hydrogens is 314 g/mol. The number of nitrogens with zero attached hydrogens (tertiary/aromatic N) is 3. The number of aromatic nitrogens is 1. The van der Waals surface area contributed by atoms with Gasteiger partial charge in [-0.2, -0.15) is 0 Å². The molecule has 2 aromatic carbocycles. The predicted molar refractivity (Wildman–Crippen MR) is 99.4 cm³/mol. The molecule has 126 valence electrons. The van der Waals surface area contributed by atoms with E-state index in [9.17, 15) is 4.79 Å². The zero-order chi connectivity index (χ0) is 17.6. The van der Waals surface area contributed by atoms with Crippen LogP contribution in [-0.4, -0.2) is 25.1 Å². The molecule has 5 nitrogen and oxygen atoms in total. The molecule has 0 radical (unpaired) electrons. The number of benzene rings is 2. The smallest absolute Gasteiger partial charge is 0.328 e. The molecule has 1 heterocycles. The minimum Gasteiger partial charge on any atom is -0.457 e. The van der Waals surface area contributed by atoms with Gasteiger partial charge in [-0.05, 0) is 48.5 Å². The largest absolute Gasteiger partial charge is 0.457 e. The van der Waals surface area contributed by atoms with Crippen molar-refractivity contribution in [3.8, 4) is 11.5 Å². The van der Waals surface area contributed by atoms with E-state index in [1.807, 2.05) is 54.6 Å². The lowest BCUT2D eigenvalue weighted by Crippen LogP contribution is -2.38. The molecule has 0 aliphatic heterocycles. The lowest BCUT2D eigenvalue weighted by Gasteiger charge is -2.25. The lowest BCUT2D eigenvalue weighted by molar-refractivity contribution is 0.253. The molecule has 3 aromatic rings. The first-order valence-corrected chi connectivity index (χ1v) is 7.89. The van der Waals surface area contributed by atoms with Crippen molar-refractivity contribution in [1.29, 1.82) is 0 Å². The predicted octanol–water partition coefficient (Wildman–Crippen LogP) is 4.57. The summed E-state index contributed by atoms with van der Waals surface area (Å²) in [4.78, 5) is 19.8. The summed E-state index contributed by atoms with van der Waals surface area (Å²) in [5, 5.41) is 0. The molecule has 0 atom stereocenters. The Kier molecular flexibility index (Phi) is 4.95. The van der Waals surface area contributed by atoms with Crippen LogP contribution in [0.25, 0.3) is 0 Å². The minimum absolute atomic E-state index is 0.117. The van der Waals surface area contributed by atoms with Gasteiger partial charge in [0.05, 0.1) is 0 Å². The summed E-state index contributed by atoms with van der Waals surface area (Å²) in [6.45, 7) is 0. The number of rotatable bonds is 4. The van der Waals surface area contributed by atoms with Gasteiger partial charge in [-0.3, -0.25) is 14.8 Å². The Hall–Kier alpha value is -3.34. The second-order valence-electron chi connectivity index (χ2n) is 5.52. The van der Waals surface area contributed by atoms with Crippen molar-refractivity contribution in [3.05, 3.63) is 79.1 Å². The maximum absolute atomic E-state index is 12.6. The molecule has 0 spiro atoms. The van der Waals surface area contributed by atoms with Gasteiger partial charge in [0, 0.05) is 37.9 Å². The Morgan fingerprint density at radius 3 is 1.88 bits per heavy atom. The van der Waals surface area contributed by atoms with Crippen molar-refractivity contribution < 1.29 is 9.53 Å². The van der Waals surface area contributed by atoms with Crippen LogP contribution in [0, 0.1) is 0 Å². The maximum atomic E-state index is 12.6. The number of para-hydroxylation sites is 1. The van der Waals surface area contributed by atoms with E-state index in [-0.39, 0.29) is 6.03 Å². The molecule has 0 saturated heterocycles. The van der Waals surface area contributed by atoms with Crippen molar-refractivity contribution in [2.75, 3.05) is 23.9 Å². The summed E-state index contributed by atoms with van der Waals surface area (Å²) >= 11 is 0.